The lowest BCUT2D eigenvalue weighted by Gasteiger charge is -2.15. The number of nitrogens with two attached hydrogens (primary N) is 1. The normalized spacial score (nSPS) is 11.4. The molecule has 0 aliphatic carbocycles. The van der Waals surface area contributed by atoms with Crippen LogP contribution in [-0.4, -0.2) is 23.0 Å². The molecule has 0 spiro atoms. The zero-order valence-electron chi connectivity index (χ0n) is 11.3. The third kappa shape index (κ3) is 4.61. The second-order valence-corrected chi connectivity index (χ2v) is 4.46. The molecule has 0 radical (unpaired) electrons. The first-order chi connectivity index (χ1) is 10.1. The highest BCUT2D eigenvalue weighted by Crippen LogP contribution is 2.04. The van der Waals surface area contributed by atoms with Gasteiger partial charge in [0.25, 0.3) is 0 Å². The van der Waals surface area contributed by atoms with Crippen molar-refractivity contribution in [1.82, 2.24) is 10.3 Å². The van der Waals surface area contributed by atoms with Crippen molar-refractivity contribution in [2.24, 2.45) is 5.73 Å². The summed E-state index contributed by atoms with van der Waals surface area (Å²) in [5, 5.41) is 5.09. The Morgan fingerprint density at radius 3 is 2.43 bits per heavy atom. The average molecular weight is 284 g/mol. The van der Waals surface area contributed by atoms with E-state index in [4.69, 9.17) is 5.73 Å². The number of aromatic nitrogens is 1. The fraction of sp³-hybridized carbons (Fsp3) is 0.133. The van der Waals surface area contributed by atoms with Gasteiger partial charge in [0.05, 0.1) is 0 Å². The number of rotatable bonds is 5. The van der Waals surface area contributed by atoms with Crippen LogP contribution in [0.2, 0.25) is 0 Å². The second-order valence-electron chi connectivity index (χ2n) is 4.46. The summed E-state index contributed by atoms with van der Waals surface area (Å²) in [6, 6.07) is 13.2. The molecular weight excluding hydrogens is 268 g/mol. The van der Waals surface area contributed by atoms with E-state index in [1.54, 1.807) is 24.4 Å². The number of pyridine rings is 1. The van der Waals surface area contributed by atoms with E-state index in [0.717, 1.165) is 5.56 Å². The lowest BCUT2D eigenvalue weighted by molar-refractivity contribution is -0.119. The summed E-state index contributed by atoms with van der Waals surface area (Å²) in [6.45, 7) is 0. The van der Waals surface area contributed by atoms with E-state index >= 15 is 0 Å². The zero-order valence-corrected chi connectivity index (χ0v) is 11.3. The molecule has 4 N–H and O–H groups in total. The molecule has 1 aromatic carbocycles. The van der Waals surface area contributed by atoms with Gasteiger partial charge in [0, 0.05) is 12.6 Å². The van der Waals surface area contributed by atoms with Crippen LogP contribution in [0.5, 0.6) is 0 Å². The molecule has 6 nitrogen and oxygen atoms in total. The standard InChI is InChI=1S/C15H16N4O2/c16-14(20)12(10-11-6-2-1-3-7-11)18-15(21)19-13-8-4-5-9-17-13/h1-9,12H,10H2,(H2,16,20)(H2,17,18,19,21). The highest BCUT2D eigenvalue weighted by molar-refractivity contribution is 5.92. The van der Waals surface area contributed by atoms with Crippen LogP contribution in [-0.2, 0) is 11.2 Å². The summed E-state index contributed by atoms with van der Waals surface area (Å²) in [5.74, 6) is -0.187. The summed E-state index contributed by atoms with van der Waals surface area (Å²) in [4.78, 5) is 27.3. The molecule has 1 heterocycles. The van der Waals surface area contributed by atoms with Crippen molar-refractivity contribution in [1.29, 1.82) is 0 Å². The van der Waals surface area contributed by atoms with Gasteiger partial charge in [-0.05, 0) is 17.7 Å². The van der Waals surface area contributed by atoms with Gasteiger partial charge in [-0.25, -0.2) is 9.78 Å². The van der Waals surface area contributed by atoms with Crippen LogP contribution < -0.4 is 16.4 Å². The maximum Gasteiger partial charge on any atom is 0.321 e. The monoisotopic (exact) mass is 284 g/mol. The molecule has 1 aromatic heterocycles. The number of hydrogen-bond acceptors (Lipinski definition) is 3. The number of urea groups is 1. The fourth-order valence-corrected chi connectivity index (χ4v) is 1.82. The molecule has 0 saturated carbocycles. The molecule has 2 rings (SSSR count). The molecule has 0 bridgehead atoms. The van der Waals surface area contributed by atoms with Crippen molar-refractivity contribution in [2.75, 3.05) is 5.32 Å². The van der Waals surface area contributed by atoms with Crippen LogP contribution in [0.4, 0.5) is 10.6 Å². The first-order valence-corrected chi connectivity index (χ1v) is 6.47. The number of nitrogens with zero attached hydrogens (tertiary/aromatic N) is 1. The van der Waals surface area contributed by atoms with Crippen molar-refractivity contribution in [2.45, 2.75) is 12.5 Å². The van der Waals surface area contributed by atoms with E-state index in [2.05, 4.69) is 15.6 Å². The van der Waals surface area contributed by atoms with Crippen LogP contribution in [0, 0.1) is 0 Å². The minimum absolute atomic E-state index is 0.339. The van der Waals surface area contributed by atoms with E-state index in [0.29, 0.717) is 12.2 Å². The van der Waals surface area contributed by atoms with Crippen molar-refractivity contribution in [3.63, 3.8) is 0 Å². The molecule has 0 aliphatic rings. The molecule has 1 unspecified atom stereocenters. The molecule has 1 atom stereocenters. The second kappa shape index (κ2) is 7.04. The van der Waals surface area contributed by atoms with Gasteiger partial charge in [-0.2, -0.15) is 0 Å². The predicted octanol–water partition coefficient (Wildman–Crippen LogP) is 1.30. The third-order valence-electron chi connectivity index (χ3n) is 2.84. The largest absolute Gasteiger partial charge is 0.368 e. The number of primary amides is 1. The summed E-state index contributed by atoms with van der Waals surface area (Å²) < 4.78 is 0. The first kappa shape index (κ1) is 14.5. The van der Waals surface area contributed by atoms with Crippen molar-refractivity contribution < 1.29 is 9.59 Å². The van der Waals surface area contributed by atoms with E-state index < -0.39 is 18.0 Å². The number of carbonyl (C=O) groups is 2. The Bertz CT molecular complexity index is 602. The third-order valence-corrected chi connectivity index (χ3v) is 2.84. The number of benzene rings is 1. The van der Waals surface area contributed by atoms with Crippen LogP contribution >= 0.6 is 0 Å². The maximum atomic E-state index is 11.8. The number of amides is 3. The first-order valence-electron chi connectivity index (χ1n) is 6.47. The molecule has 0 aliphatic heterocycles. The SMILES string of the molecule is NC(=O)C(Cc1ccccc1)NC(=O)Nc1ccccn1. The van der Waals surface area contributed by atoms with Gasteiger partial charge >= 0.3 is 6.03 Å². The summed E-state index contributed by atoms with van der Waals surface area (Å²) in [6.07, 6.45) is 1.90. The Kier molecular flexibility index (Phi) is 4.87. The lowest BCUT2D eigenvalue weighted by Crippen LogP contribution is -2.47. The van der Waals surface area contributed by atoms with Crippen LogP contribution in [0.15, 0.2) is 54.7 Å². The molecule has 0 fully saturated rings. The molecule has 108 valence electrons. The number of carbonyl (C=O) groups excluding carboxylic acids is 2. The van der Waals surface area contributed by atoms with Crippen molar-refractivity contribution in [3.8, 4) is 0 Å². The number of hydrogen-bond donors (Lipinski definition) is 3. The van der Waals surface area contributed by atoms with E-state index in [1.807, 2.05) is 30.3 Å². The van der Waals surface area contributed by atoms with Gasteiger partial charge in [0.15, 0.2) is 0 Å². The van der Waals surface area contributed by atoms with Gasteiger partial charge in [-0.1, -0.05) is 36.4 Å². The predicted molar refractivity (Wildman–Crippen MR) is 79.5 cm³/mol. The molecule has 6 heteroatoms. The lowest BCUT2D eigenvalue weighted by atomic mass is 10.1. The summed E-state index contributed by atoms with van der Waals surface area (Å²) in [7, 11) is 0. The zero-order chi connectivity index (χ0) is 15.1. The molecule has 2 aromatic rings. The van der Waals surface area contributed by atoms with Gasteiger partial charge in [-0.15, -0.1) is 0 Å². The van der Waals surface area contributed by atoms with Gasteiger partial charge in [0.1, 0.15) is 11.9 Å². The van der Waals surface area contributed by atoms with Crippen LogP contribution in [0.1, 0.15) is 5.56 Å². The topological polar surface area (TPSA) is 97.1 Å². The summed E-state index contributed by atoms with van der Waals surface area (Å²) in [5.41, 5.74) is 6.25. The molecular formula is C15H16N4O2. The number of anilines is 1. The Balaban J connectivity index is 1.96. The van der Waals surface area contributed by atoms with Crippen LogP contribution in [0.3, 0.4) is 0 Å². The van der Waals surface area contributed by atoms with E-state index in [1.165, 1.54) is 0 Å². The Morgan fingerprint density at radius 2 is 1.81 bits per heavy atom. The fourth-order valence-electron chi connectivity index (χ4n) is 1.82. The highest BCUT2D eigenvalue weighted by Gasteiger charge is 2.18. The minimum atomic E-state index is -0.781. The average Bonchev–Trinajstić information content (AvgIpc) is 2.48. The Morgan fingerprint density at radius 1 is 1.10 bits per heavy atom. The Labute approximate surface area is 122 Å². The maximum absolute atomic E-state index is 11.8. The van der Waals surface area contributed by atoms with Crippen molar-refractivity contribution in [3.05, 3.63) is 60.3 Å². The molecule has 21 heavy (non-hydrogen) atoms. The molecule has 0 saturated heterocycles. The van der Waals surface area contributed by atoms with Crippen molar-refractivity contribution >= 4 is 17.8 Å². The minimum Gasteiger partial charge on any atom is -0.368 e. The van der Waals surface area contributed by atoms with Crippen LogP contribution in [0.25, 0.3) is 0 Å². The van der Waals surface area contributed by atoms with Gasteiger partial charge in [-0.3, -0.25) is 10.1 Å². The van der Waals surface area contributed by atoms with Gasteiger partial charge < -0.3 is 11.1 Å². The van der Waals surface area contributed by atoms with E-state index in [-0.39, 0.29) is 0 Å². The summed E-state index contributed by atoms with van der Waals surface area (Å²) >= 11 is 0. The smallest absolute Gasteiger partial charge is 0.321 e. The quantitative estimate of drug-likeness (QED) is 0.772. The van der Waals surface area contributed by atoms with E-state index in [9.17, 15) is 9.59 Å². The number of nitrogens with one attached hydrogen (secondary N) is 2. The highest BCUT2D eigenvalue weighted by atomic mass is 16.2. The molecule has 3 amide bonds. The Hall–Kier alpha value is -2.89. The van der Waals surface area contributed by atoms with Gasteiger partial charge in [0.2, 0.25) is 5.91 Å².